The Hall–Kier alpha value is -1.91. The highest BCUT2D eigenvalue weighted by Crippen LogP contribution is 2.14. The first-order chi connectivity index (χ1) is 9.91. The van der Waals surface area contributed by atoms with E-state index in [0.29, 0.717) is 6.42 Å². The molecule has 2 rings (SSSR count). The SMILES string of the molecule is O=C(NC1CCS(=O)(=O)C1)c1ccc(C#CCO)c(F)c1. The molecule has 1 amide bonds. The van der Waals surface area contributed by atoms with E-state index < -0.39 is 27.6 Å². The molecule has 1 heterocycles. The number of rotatable bonds is 2. The van der Waals surface area contributed by atoms with E-state index in [-0.39, 0.29) is 29.2 Å². The molecule has 7 heteroatoms. The van der Waals surface area contributed by atoms with Gasteiger partial charge in [-0.2, -0.15) is 0 Å². The molecule has 1 aromatic carbocycles. The van der Waals surface area contributed by atoms with Gasteiger partial charge >= 0.3 is 0 Å². The van der Waals surface area contributed by atoms with Crippen molar-refractivity contribution in [2.24, 2.45) is 0 Å². The first-order valence-electron chi connectivity index (χ1n) is 6.32. The summed E-state index contributed by atoms with van der Waals surface area (Å²) in [5.74, 6) is 3.54. The van der Waals surface area contributed by atoms with E-state index >= 15 is 0 Å². The topological polar surface area (TPSA) is 83.5 Å². The highest BCUT2D eigenvalue weighted by Gasteiger charge is 2.29. The van der Waals surface area contributed by atoms with Gasteiger partial charge in [-0.05, 0) is 24.6 Å². The predicted molar refractivity (Wildman–Crippen MR) is 74.9 cm³/mol. The summed E-state index contributed by atoms with van der Waals surface area (Å²) in [6.45, 7) is -0.377. The van der Waals surface area contributed by atoms with Crippen molar-refractivity contribution < 1.29 is 22.7 Å². The molecule has 1 saturated heterocycles. The molecule has 0 bridgehead atoms. The maximum Gasteiger partial charge on any atom is 0.251 e. The number of benzene rings is 1. The first-order valence-corrected chi connectivity index (χ1v) is 8.14. The van der Waals surface area contributed by atoms with Crippen molar-refractivity contribution in [2.75, 3.05) is 18.1 Å². The minimum atomic E-state index is -3.08. The lowest BCUT2D eigenvalue weighted by Gasteiger charge is -2.11. The summed E-state index contributed by atoms with van der Waals surface area (Å²) in [5, 5.41) is 11.1. The second-order valence-corrected chi connectivity index (χ2v) is 6.96. The monoisotopic (exact) mass is 311 g/mol. The molecule has 1 unspecified atom stereocenters. The molecule has 5 nitrogen and oxygen atoms in total. The predicted octanol–water partition coefficient (Wildman–Crippen LogP) is 0.0864. The second-order valence-electron chi connectivity index (χ2n) is 4.73. The van der Waals surface area contributed by atoms with E-state index in [1.807, 2.05) is 0 Å². The fraction of sp³-hybridized carbons (Fsp3) is 0.357. The third-order valence-electron chi connectivity index (χ3n) is 3.10. The Morgan fingerprint density at radius 3 is 2.81 bits per heavy atom. The van der Waals surface area contributed by atoms with Crippen molar-refractivity contribution in [3.05, 3.63) is 35.1 Å². The Balaban J connectivity index is 2.08. The van der Waals surface area contributed by atoms with Crippen LogP contribution in [0.3, 0.4) is 0 Å². The van der Waals surface area contributed by atoms with Crippen LogP contribution in [0.25, 0.3) is 0 Å². The van der Waals surface area contributed by atoms with Gasteiger partial charge in [0.15, 0.2) is 9.84 Å². The highest BCUT2D eigenvalue weighted by atomic mass is 32.2. The highest BCUT2D eigenvalue weighted by molar-refractivity contribution is 7.91. The Morgan fingerprint density at radius 2 is 2.24 bits per heavy atom. The lowest BCUT2D eigenvalue weighted by atomic mass is 10.1. The minimum Gasteiger partial charge on any atom is -0.384 e. The number of sulfone groups is 1. The van der Waals surface area contributed by atoms with Crippen LogP contribution in [0.5, 0.6) is 0 Å². The second kappa shape index (κ2) is 6.24. The van der Waals surface area contributed by atoms with Crippen molar-refractivity contribution in [3.8, 4) is 11.8 Å². The van der Waals surface area contributed by atoms with Gasteiger partial charge < -0.3 is 10.4 Å². The van der Waals surface area contributed by atoms with Gasteiger partial charge in [0.2, 0.25) is 0 Å². The fourth-order valence-corrected chi connectivity index (χ4v) is 3.74. The lowest BCUT2D eigenvalue weighted by molar-refractivity contribution is 0.0940. The van der Waals surface area contributed by atoms with Crippen molar-refractivity contribution >= 4 is 15.7 Å². The summed E-state index contributed by atoms with van der Waals surface area (Å²) >= 11 is 0. The Morgan fingerprint density at radius 1 is 1.48 bits per heavy atom. The number of halogens is 1. The van der Waals surface area contributed by atoms with Crippen LogP contribution in [-0.4, -0.2) is 43.6 Å². The molecule has 0 aliphatic carbocycles. The van der Waals surface area contributed by atoms with Crippen LogP contribution in [0, 0.1) is 17.7 Å². The van der Waals surface area contributed by atoms with Crippen molar-refractivity contribution in [1.82, 2.24) is 5.32 Å². The molecular formula is C14H14FNO4S. The molecule has 1 atom stereocenters. The average Bonchev–Trinajstić information content (AvgIpc) is 2.76. The van der Waals surface area contributed by atoms with E-state index in [1.54, 1.807) is 0 Å². The van der Waals surface area contributed by atoms with Gasteiger partial charge in [0.05, 0.1) is 17.1 Å². The van der Waals surface area contributed by atoms with Crippen LogP contribution < -0.4 is 5.32 Å². The van der Waals surface area contributed by atoms with Crippen LogP contribution >= 0.6 is 0 Å². The zero-order chi connectivity index (χ0) is 15.5. The number of amides is 1. The molecule has 112 valence electrons. The van der Waals surface area contributed by atoms with Crippen LogP contribution in [0.15, 0.2) is 18.2 Å². The van der Waals surface area contributed by atoms with Gasteiger partial charge in [-0.1, -0.05) is 11.8 Å². The molecule has 1 aliphatic rings. The van der Waals surface area contributed by atoms with Gasteiger partial charge in [0.25, 0.3) is 5.91 Å². The maximum absolute atomic E-state index is 13.7. The zero-order valence-corrected chi connectivity index (χ0v) is 11.9. The van der Waals surface area contributed by atoms with Crippen LogP contribution in [0.1, 0.15) is 22.3 Å². The third-order valence-corrected chi connectivity index (χ3v) is 4.87. The quantitative estimate of drug-likeness (QED) is 0.758. The lowest BCUT2D eigenvalue weighted by Crippen LogP contribution is -2.35. The van der Waals surface area contributed by atoms with Gasteiger partial charge in [-0.25, -0.2) is 12.8 Å². The standard InChI is InChI=1S/C14H14FNO4S/c15-13-8-11(4-3-10(13)2-1-6-17)14(18)16-12-5-7-21(19,20)9-12/h3-4,8,12,17H,5-7,9H2,(H,16,18). The van der Waals surface area contributed by atoms with E-state index in [0.717, 1.165) is 6.07 Å². The molecule has 1 aliphatic heterocycles. The number of aliphatic hydroxyl groups is 1. The fourth-order valence-electron chi connectivity index (χ4n) is 2.07. The van der Waals surface area contributed by atoms with Crippen LogP contribution in [0.2, 0.25) is 0 Å². The first kappa shape index (κ1) is 15.5. The van der Waals surface area contributed by atoms with Crippen molar-refractivity contribution in [3.63, 3.8) is 0 Å². The van der Waals surface area contributed by atoms with Crippen LogP contribution in [-0.2, 0) is 9.84 Å². The molecule has 0 saturated carbocycles. The summed E-state index contributed by atoms with van der Waals surface area (Å²) in [4.78, 5) is 11.9. The number of carbonyl (C=O) groups is 1. The summed E-state index contributed by atoms with van der Waals surface area (Å²) in [7, 11) is -3.08. The Labute approximate surface area is 122 Å². The zero-order valence-electron chi connectivity index (χ0n) is 11.1. The summed E-state index contributed by atoms with van der Waals surface area (Å²) in [6, 6.07) is 3.36. The summed E-state index contributed by atoms with van der Waals surface area (Å²) in [6.07, 6.45) is 0.372. The number of hydrogen-bond acceptors (Lipinski definition) is 4. The molecular weight excluding hydrogens is 297 g/mol. The van der Waals surface area contributed by atoms with Gasteiger partial charge in [0.1, 0.15) is 12.4 Å². The number of carbonyl (C=O) groups excluding carboxylic acids is 1. The van der Waals surface area contributed by atoms with E-state index in [2.05, 4.69) is 17.2 Å². The Bertz CT molecular complexity index is 718. The average molecular weight is 311 g/mol. The largest absolute Gasteiger partial charge is 0.384 e. The van der Waals surface area contributed by atoms with Gasteiger partial charge in [-0.3, -0.25) is 4.79 Å². The maximum atomic E-state index is 13.7. The van der Waals surface area contributed by atoms with E-state index in [4.69, 9.17) is 5.11 Å². The molecule has 2 N–H and O–H groups in total. The molecule has 0 radical (unpaired) electrons. The number of aliphatic hydroxyl groups excluding tert-OH is 1. The van der Waals surface area contributed by atoms with Crippen molar-refractivity contribution in [1.29, 1.82) is 0 Å². The van der Waals surface area contributed by atoms with Gasteiger partial charge in [0, 0.05) is 11.6 Å². The molecule has 0 spiro atoms. The van der Waals surface area contributed by atoms with E-state index in [1.165, 1.54) is 12.1 Å². The minimum absolute atomic E-state index is 0.0575. The summed E-state index contributed by atoms with van der Waals surface area (Å²) < 4.78 is 36.3. The molecule has 1 fully saturated rings. The molecule has 0 aromatic heterocycles. The van der Waals surface area contributed by atoms with Gasteiger partial charge in [-0.15, -0.1) is 0 Å². The third kappa shape index (κ3) is 4.03. The summed E-state index contributed by atoms with van der Waals surface area (Å²) in [5.41, 5.74) is 0.190. The number of hydrogen-bond donors (Lipinski definition) is 2. The Kier molecular flexibility index (Phi) is 4.60. The molecule has 1 aromatic rings. The normalized spacial score (nSPS) is 19.6. The van der Waals surface area contributed by atoms with Crippen LogP contribution in [0.4, 0.5) is 4.39 Å². The number of nitrogens with one attached hydrogen (secondary N) is 1. The van der Waals surface area contributed by atoms with Crippen molar-refractivity contribution in [2.45, 2.75) is 12.5 Å². The smallest absolute Gasteiger partial charge is 0.251 e. The molecule has 21 heavy (non-hydrogen) atoms. The van der Waals surface area contributed by atoms with E-state index in [9.17, 15) is 17.6 Å².